The Kier molecular flexibility index (Phi) is 4.84. The molecule has 0 saturated heterocycles. The van der Waals surface area contributed by atoms with E-state index in [9.17, 15) is 14.4 Å². The predicted molar refractivity (Wildman–Crippen MR) is 106 cm³/mol. The van der Waals surface area contributed by atoms with E-state index in [0.717, 1.165) is 10.3 Å². The third kappa shape index (κ3) is 3.74. The third-order valence-electron chi connectivity index (χ3n) is 4.40. The lowest BCUT2D eigenvalue weighted by Crippen LogP contribution is -2.34. The Morgan fingerprint density at radius 3 is 2.48 bits per heavy atom. The monoisotopic (exact) mass is 391 g/mol. The zero-order valence-corrected chi connectivity index (χ0v) is 15.2. The molecule has 0 radical (unpaired) electrons. The number of furan rings is 1. The highest BCUT2D eigenvalue weighted by Crippen LogP contribution is 2.22. The summed E-state index contributed by atoms with van der Waals surface area (Å²) in [6, 6.07) is 15.7. The summed E-state index contributed by atoms with van der Waals surface area (Å²) in [7, 11) is 0. The Bertz CT molecular complexity index is 1100. The number of nitrogens with zero attached hydrogens (tertiary/aromatic N) is 1. The van der Waals surface area contributed by atoms with Gasteiger partial charge in [-0.2, -0.15) is 0 Å². The second-order valence-corrected chi connectivity index (χ2v) is 6.38. The highest BCUT2D eigenvalue weighted by molar-refractivity contribution is 6.17. The molecule has 0 saturated carbocycles. The fraction of sp³-hybridized carbons (Fsp3) is 0.0952. The predicted octanol–water partition coefficient (Wildman–Crippen LogP) is 2.34. The van der Waals surface area contributed by atoms with Gasteiger partial charge in [0, 0.05) is 22.8 Å². The molecular formula is C21H17N3O5. The topological polar surface area (TPSA) is 112 Å². The van der Waals surface area contributed by atoms with Gasteiger partial charge in [-0.1, -0.05) is 18.2 Å². The number of aliphatic hydroxyl groups is 1. The maximum Gasteiger partial charge on any atom is 0.291 e. The van der Waals surface area contributed by atoms with Crippen molar-refractivity contribution in [3.63, 3.8) is 0 Å². The van der Waals surface area contributed by atoms with Gasteiger partial charge in [0.15, 0.2) is 5.76 Å². The largest absolute Gasteiger partial charge is 0.451 e. The molecule has 3 aromatic rings. The zero-order valence-electron chi connectivity index (χ0n) is 15.2. The SMILES string of the molecule is O=C(Nc1ccc(NC2=CC(=O)N(CCO)C2=O)cc1)c1cc2ccccc2o1. The number of hydrogen-bond donors (Lipinski definition) is 3. The van der Waals surface area contributed by atoms with Crippen LogP contribution < -0.4 is 10.6 Å². The first-order chi connectivity index (χ1) is 14.0. The molecule has 3 amide bonds. The van der Waals surface area contributed by atoms with Crippen LogP contribution >= 0.6 is 0 Å². The van der Waals surface area contributed by atoms with Gasteiger partial charge in [0.2, 0.25) is 0 Å². The van der Waals surface area contributed by atoms with Crippen molar-refractivity contribution in [1.82, 2.24) is 4.90 Å². The quantitative estimate of drug-likeness (QED) is 0.556. The minimum Gasteiger partial charge on any atom is -0.451 e. The number of fused-ring (bicyclic) bond motifs is 1. The van der Waals surface area contributed by atoms with E-state index in [1.165, 1.54) is 6.08 Å². The highest BCUT2D eigenvalue weighted by atomic mass is 16.3. The average molecular weight is 391 g/mol. The summed E-state index contributed by atoms with van der Waals surface area (Å²) in [5.74, 6) is -1.13. The van der Waals surface area contributed by atoms with E-state index >= 15 is 0 Å². The average Bonchev–Trinajstić information content (AvgIpc) is 3.26. The molecule has 0 bridgehead atoms. The van der Waals surface area contributed by atoms with E-state index in [1.807, 2.05) is 18.2 Å². The van der Waals surface area contributed by atoms with E-state index in [-0.39, 0.29) is 30.5 Å². The van der Waals surface area contributed by atoms with Crippen molar-refractivity contribution in [3.8, 4) is 0 Å². The van der Waals surface area contributed by atoms with Gasteiger partial charge < -0.3 is 20.2 Å². The van der Waals surface area contributed by atoms with Crippen LogP contribution in [0.1, 0.15) is 10.6 Å². The number of amides is 3. The summed E-state index contributed by atoms with van der Waals surface area (Å²) in [4.78, 5) is 37.3. The number of carbonyl (C=O) groups excluding carboxylic acids is 3. The van der Waals surface area contributed by atoms with Gasteiger partial charge in [0.25, 0.3) is 17.7 Å². The van der Waals surface area contributed by atoms with Crippen LogP contribution in [-0.4, -0.2) is 40.9 Å². The van der Waals surface area contributed by atoms with Gasteiger partial charge in [-0.15, -0.1) is 0 Å². The number of imide groups is 1. The van der Waals surface area contributed by atoms with Gasteiger partial charge in [-0.3, -0.25) is 19.3 Å². The van der Waals surface area contributed by atoms with Crippen LogP contribution in [0.25, 0.3) is 11.0 Å². The normalized spacial score (nSPS) is 13.7. The number of hydrogen-bond acceptors (Lipinski definition) is 6. The molecule has 0 fully saturated rings. The summed E-state index contributed by atoms with van der Waals surface area (Å²) in [5.41, 5.74) is 1.88. The molecule has 0 aliphatic carbocycles. The molecule has 1 aliphatic heterocycles. The maximum atomic E-state index is 12.4. The lowest BCUT2D eigenvalue weighted by Gasteiger charge is -2.13. The molecule has 1 aromatic heterocycles. The Balaban J connectivity index is 1.41. The molecule has 0 unspecified atom stereocenters. The van der Waals surface area contributed by atoms with Crippen LogP contribution in [0.2, 0.25) is 0 Å². The number of para-hydroxylation sites is 1. The van der Waals surface area contributed by atoms with E-state index < -0.39 is 11.8 Å². The zero-order chi connectivity index (χ0) is 20.4. The van der Waals surface area contributed by atoms with Crippen molar-refractivity contribution in [1.29, 1.82) is 0 Å². The minimum atomic E-state index is -0.494. The van der Waals surface area contributed by atoms with Crippen molar-refractivity contribution in [2.45, 2.75) is 0 Å². The van der Waals surface area contributed by atoms with Crippen LogP contribution in [0, 0.1) is 0 Å². The van der Waals surface area contributed by atoms with E-state index in [0.29, 0.717) is 17.0 Å². The summed E-state index contributed by atoms with van der Waals surface area (Å²) >= 11 is 0. The molecule has 2 aromatic carbocycles. The van der Waals surface area contributed by atoms with E-state index in [2.05, 4.69) is 10.6 Å². The maximum absolute atomic E-state index is 12.4. The van der Waals surface area contributed by atoms with Crippen molar-refractivity contribution in [2.75, 3.05) is 23.8 Å². The number of β-amino-alcohol motifs (C(OH)–C–C–N with tert-alkyl or cyclic N) is 1. The smallest absolute Gasteiger partial charge is 0.291 e. The van der Waals surface area contributed by atoms with Gasteiger partial charge >= 0.3 is 0 Å². The molecule has 29 heavy (non-hydrogen) atoms. The lowest BCUT2D eigenvalue weighted by molar-refractivity contribution is -0.137. The van der Waals surface area contributed by atoms with Crippen molar-refractivity contribution in [3.05, 3.63) is 72.1 Å². The van der Waals surface area contributed by atoms with Crippen molar-refractivity contribution in [2.24, 2.45) is 0 Å². The fourth-order valence-corrected chi connectivity index (χ4v) is 2.99. The summed E-state index contributed by atoms with van der Waals surface area (Å²) < 4.78 is 5.54. The Morgan fingerprint density at radius 2 is 1.76 bits per heavy atom. The summed E-state index contributed by atoms with van der Waals surface area (Å²) in [5, 5.41) is 15.4. The number of anilines is 2. The molecule has 1 aliphatic rings. The molecule has 0 atom stereocenters. The molecular weight excluding hydrogens is 374 g/mol. The summed E-state index contributed by atoms with van der Waals surface area (Å²) in [6.45, 7) is -0.343. The third-order valence-corrected chi connectivity index (χ3v) is 4.40. The van der Waals surface area contributed by atoms with Crippen LogP contribution in [0.5, 0.6) is 0 Å². The van der Waals surface area contributed by atoms with E-state index in [4.69, 9.17) is 9.52 Å². The van der Waals surface area contributed by atoms with Crippen LogP contribution in [-0.2, 0) is 9.59 Å². The standard InChI is InChI=1S/C21H17N3O5/c25-10-9-24-19(26)12-16(21(24)28)22-14-5-7-15(8-6-14)23-20(27)18-11-13-3-1-2-4-17(13)29-18/h1-8,11-12,22,25H,9-10H2,(H,23,27). The number of nitrogens with one attached hydrogen (secondary N) is 2. The van der Waals surface area contributed by atoms with Gasteiger partial charge in [0.1, 0.15) is 11.3 Å². The second-order valence-electron chi connectivity index (χ2n) is 6.38. The second kappa shape index (κ2) is 7.61. The molecule has 8 heteroatoms. The van der Waals surface area contributed by atoms with Gasteiger partial charge in [0.05, 0.1) is 13.2 Å². The van der Waals surface area contributed by atoms with Crippen LogP contribution in [0.15, 0.2) is 70.8 Å². The minimum absolute atomic E-state index is 0.0495. The van der Waals surface area contributed by atoms with E-state index in [1.54, 1.807) is 36.4 Å². The van der Waals surface area contributed by atoms with Gasteiger partial charge in [-0.25, -0.2) is 0 Å². The first-order valence-corrected chi connectivity index (χ1v) is 8.90. The highest BCUT2D eigenvalue weighted by Gasteiger charge is 2.30. The van der Waals surface area contributed by atoms with Crippen LogP contribution in [0.3, 0.4) is 0 Å². The van der Waals surface area contributed by atoms with Crippen molar-refractivity contribution >= 4 is 40.1 Å². The Morgan fingerprint density at radius 1 is 1.03 bits per heavy atom. The molecule has 3 N–H and O–H groups in total. The lowest BCUT2D eigenvalue weighted by atomic mass is 10.2. The van der Waals surface area contributed by atoms with Gasteiger partial charge in [-0.05, 0) is 36.4 Å². The molecule has 0 spiro atoms. The molecule has 8 nitrogen and oxygen atoms in total. The number of benzene rings is 2. The molecule has 2 heterocycles. The number of carbonyl (C=O) groups is 3. The number of rotatable bonds is 6. The Labute approximate surface area is 165 Å². The van der Waals surface area contributed by atoms with Crippen molar-refractivity contribution < 1.29 is 23.9 Å². The molecule has 4 rings (SSSR count). The number of aliphatic hydroxyl groups excluding tert-OH is 1. The first kappa shape index (κ1) is 18.5. The molecule has 146 valence electrons. The Hall–Kier alpha value is -3.91. The summed E-state index contributed by atoms with van der Waals surface area (Å²) in [6.07, 6.45) is 1.19. The fourth-order valence-electron chi connectivity index (χ4n) is 2.99. The van der Waals surface area contributed by atoms with Crippen LogP contribution in [0.4, 0.5) is 11.4 Å². The first-order valence-electron chi connectivity index (χ1n) is 8.90.